The van der Waals surface area contributed by atoms with Crippen molar-refractivity contribution >= 4 is 11.8 Å². The van der Waals surface area contributed by atoms with Crippen LogP contribution in [0, 0.1) is 0 Å². The van der Waals surface area contributed by atoms with Crippen LogP contribution in [0.1, 0.15) is 44.9 Å². The normalized spacial score (nSPS) is 20.3. The van der Waals surface area contributed by atoms with Crippen LogP contribution in [0.3, 0.4) is 0 Å². The Morgan fingerprint density at radius 2 is 1.11 bits per heavy atom. The van der Waals surface area contributed by atoms with Crippen LogP contribution >= 0.6 is 0 Å². The molecule has 2 N–H and O–H groups in total. The second-order valence-electron chi connectivity index (χ2n) is 9.77. The lowest BCUT2D eigenvalue weighted by Gasteiger charge is -2.17. The molecule has 2 atom stereocenters. The van der Waals surface area contributed by atoms with Crippen molar-refractivity contribution in [2.45, 2.75) is 38.0 Å². The number of carbonyl (C=O) groups is 2. The number of rotatable bonds is 8. The molecule has 2 amide bonds. The van der Waals surface area contributed by atoms with Gasteiger partial charge in [0.2, 0.25) is 0 Å². The summed E-state index contributed by atoms with van der Waals surface area (Å²) in [6.07, 6.45) is 1.81. The maximum atomic E-state index is 12.9. The van der Waals surface area contributed by atoms with Gasteiger partial charge < -0.3 is 10.6 Å². The van der Waals surface area contributed by atoms with Gasteiger partial charge in [-0.2, -0.15) is 0 Å². The lowest BCUT2D eigenvalue weighted by Crippen LogP contribution is -2.39. The van der Waals surface area contributed by atoms with E-state index in [1.165, 1.54) is 11.1 Å². The van der Waals surface area contributed by atoms with Crippen LogP contribution in [-0.2, 0) is 13.1 Å². The minimum atomic E-state index is -0.230. The number of hydrogen-bond acceptors (Lipinski definition) is 5. The molecular weight excluding hydrogens is 450 g/mol. The summed E-state index contributed by atoms with van der Waals surface area (Å²) in [7, 11) is 0. The number of pyridine rings is 1. The fourth-order valence-electron chi connectivity index (χ4n) is 5.08. The van der Waals surface area contributed by atoms with Crippen molar-refractivity contribution in [3.05, 3.63) is 101 Å². The van der Waals surface area contributed by atoms with Crippen LogP contribution in [0.25, 0.3) is 0 Å². The molecule has 36 heavy (non-hydrogen) atoms. The molecule has 2 unspecified atom stereocenters. The number of amides is 2. The average Bonchev–Trinajstić information content (AvgIpc) is 3.54. The Balaban J connectivity index is 1.11. The summed E-state index contributed by atoms with van der Waals surface area (Å²) in [6.45, 7) is 5.26. The van der Waals surface area contributed by atoms with Gasteiger partial charge in [-0.15, -0.1) is 0 Å². The summed E-state index contributed by atoms with van der Waals surface area (Å²) in [4.78, 5) is 34.8. The summed E-state index contributed by atoms with van der Waals surface area (Å²) in [5, 5.41) is 6.20. The Hall–Kier alpha value is -3.55. The van der Waals surface area contributed by atoms with E-state index in [9.17, 15) is 9.59 Å². The first-order valence-corrected chi connectivity index (χ1v) is 12.7. The number of benzene rings is 2. The van der Waals surface area contributed by atoms with E-state index < -0.39 is 0 Å². The molecule has 5 rings (SSSR count). The van der Waals surface area contributed by atoms with Crippen LogP contribution < -0.4 is 10.6 Å². The first-order chi connectivity index (χ1) is 17.6. The van der Waals surface area contributed by atoms with Gasteiger partial charge in [0, 0.05) is 51.4 Å². The van der Waals surface area contributed by atoms with Crippen molar-refractivity contribution in [1.29, 1.82) is 0 Å². The molecular formula is C29H33N5O2. The maximum Gasteiger partial charge on any atom is 0.270 e. The highest BCUT2D eigenvalue weighted by Crippen LogP contribution is 2.15. The summed E-state index contributed by atoms with van der Waals surface area (Å²) in [5.74, 6) is -0.461. The third kappa shape index (κ3) is 6.36. The summed E-state index contributed by atoms with van der Waals surface area (Å²) >= 11 is 0. The fraction of sp³-hybridized carbons (Fsp3) is 0.345. The van der Waals surface area contributed by atoms with E-state index in [1.54, 1.807) is 18.2 Å². The van der Waals surface area contributed by atoms with Gasteiger partial charge in [0.25, 0.3) is 11.8 Å². The highest BCUT2D eigenvalue weighted by Gasteiger charge is 2.26. The Bertz CT molecular complexity index is 1080. The zero-order valence-corrected chi connectivity index (χ0v) is 20.5. The molecule has 0 aliphatic carbocycles. The molecule has 0 bridgehead atoms. The molecule has 0 radical (unpaired) electrons. The third-order valence-corrected chi connectivity index (χ3v) is 6.93. The van der Waals surface area contributed by atoms with Crippen LogP contribution in [0.15, 0.2) is 78.9 Å². The van der Waals surface area contributed by atoms with Gasteiger partial charge >= 0.3 is 0 Å². The Labute approximate surface area is 212 Å². The molecule has 2 aromatic carbocycles. The predicted octanol–water partition coefficient (Wildman–Crippen LogP) is 3.09. The first kappa shape index (κ1) is 24.2. The predicted molar refractivity (Wildman–Crippen MR) is 139 cm³/mol. The molecule has 3 aromatic rings. The van der Waals surface area contributed by atoms with Gasteiger partial charge in [0.15, 0.2) is 0 Å². The van der Waals surface area contributed by atoms with Gasteiger partial charge in [-0.1, -0.05) is 66.7 Å². The fourth-order valence-corrected chi connectivity index (χ4v) is 5.08. The molecule has 186 valence electrons. The summed E-state index contributed by atoms with van der Waals surface area (Å²) in [5.41, 5.74) is 3.10. The Morgan fingerprint density at radius 3 is 1.56 bits per heavy atom. The topological polar surface area (TPSA) is 77.6 Å². The molecule has 7 nitrogen and oxygen atoms in total. The second-order valence-corrected chi connectivity index (χ2v) is 9.77. The molecule has 3 heterocycles. The van der Waals surface area contributed by atoms with Crippen molar-refractivity contribution < 1.29 is 9.59 Å². The smallest absolute Gasteiger partial charge is 0.270 e. The number of aromatic nitrogens is 1. The van der Waals surface area contributed by atoms with E-state index >= 15 is 0 Å². The zero-order chi connectivity index (χ0) is 24.7. The molecule has 2 fully saturated rings. The van der Waals surface area contributed by atoms with Crippen LogP contribution in [0.5, 0.6) is 0 Å². The molecule has 2 saturated heterocycles. The van der Waals surface area contributed by atoms with E-state index in [4.69, 9.17) is 0 Å². The minimum Gasteiger partial charge on any atom is -0.347 e. The molecule has 0 saturated carbocycles. The number of likely N-dealkylation sites (tertiary alicyclic amines) is 2. The SMILES string of the molecule is O=C(NC1CCN(Cc2ccccc2)C1)c1cccc(C(=O)NC2CCN(Cc3ccccc3)C2)n1. The van der Waals surface area contributed by atoms with Gasteiger partial charge in [-0.3, -0.25) is 19.4 Å². The quantitative estimate of drug-likeness (QED) is 0.515. The van der Waals surface area contributed by atoms with Crippen LogP contribution in [0.4, 0.5) is 0 Å². The Morgan fingerprint density at radius 1 is 0.667 bits per heavy atom. The van der Waals surface area contributed by atoms with E-state index in [0.717, 1.165) is 52.1 Å². The van der Waals surface area contributed by atoms with Gasteiger partial charge in [-0.05, 0) is 36.1 Å². The molecule has 2 aliphatic rings. The summed E-state index contributed by atoms with van der Waals surface area (Å²) in [6, 6.07) is 25.9. The number of nitrogens with zero attached hydrogens (tertiary/aromatic N) is 3. The highest BCUT2D eigenvalue weighted by molar-refractivity contribution is 5.96. The van der Waals surface area contributed by atoms with Crippen molar-refractivity contribution in [3.8, 4) is 0 Å². The molecule has 2 aliphatic heterocycles. The maximum absolute atomic E-state index is 12.9. The Kier molecular flexibility index (Phi) is 7.69. The van der Waals surface area contributed by atoms with E-state index in [2.05, 4.69) is 49.7 Å². The standard InChI is InChI=1S/C29H33N5O2/c35-28(30-24-14-16-33(20-24)18-22-8-3-1-4-9-22)26-12-7-13-27(32-26)29(36)31-25-15-17-34(21-25)19-23-10-5-2-6-11-23/h1-13,24-25H,14-21H2,(H,30,35)(H,31,36). The second kappa shape index (κ2) is 11.5. The van der Waals surface area contributed by atoms with E-state index in [0.29, 0.717) is 0 Å². The number of hydrogen-bond donors (Lipinski definition) is 2. The third-order valence-electron chi connectivity index (χ3n) is 6.93. The first-order valence-electron chi connectivity index (χ1n) is 12.7. The van der Waals surface area contributed by atoms with Crippen LogP contribution in [-0.4, -0.2) is 64.9 Å². The highest BCUT2D eigenvalue weighted by atomic mass is 16.2. The number of carbonyl (C=O) groups excluding carboxylic acids is 2. The van der Waals surface area contributed by atoms with Crippen molar-refractivity contribution in [3.63, 3.8) is 0 Å². The van der Waals surface area contributed by atoms with Crippen molar-refractivity contribution in [2.24, 2.45) is 0 Å². The van der Waals surface area contributed by atoms with Crippen molar-refractivity contribution in [2.75, 3.05) is 26.2 Å². The molecule has 7 heteroatoms. The number of nitrogens with one attached hydrogen (secondary N) is 2. The van der Waals surface area contributed by atoms with Crippen LogP contribution in [0.2, 0.25) is 0 Å². The lowest BCUT2D eigenvalue weighted by molar-refractivity contribution is 0.0928. The van der Waals surface area contributed by atoms with Gasteiger partial charge in [0.05, 0.1) is 0 Å². The van der Waals surface area contributed by atoms with Gasteiger partial charge in [-0.25, -0.2) is 4.98 Å². The summed E-state index contributed by atoms with van der Waals surface area (Å²) < 4.78 is 0. The lowest BCUT2D eigenvalue weighted by atomic mass is 10.2. The monoisotopic (exact) mass is 483 g/mol. The van der Waals surface area contributed by atoms with Crippen molar-refractivity contribution in [1.82, 2.24) is 25.4 Å². The minimum absolute atomic E-state index is 0.0783. The van der Waals surface area contributed by atoms with Gasteiger partial charge in [0.1, 0.15) is 11.4 Å². The van der Waals surface area contributed by atoms with E-state index in [-0.39, 0.29) is 35.3 Å². The zero-order valence-electron chi connectivity index (χ0n) is 20.5. The average molecular weight is 484 g/mol. The molecule has 0 spiro atoms. The molecule has 1 aromatic heterocycles. The largest absolute Gasteiger partial charge is 0.347 e. The van der Waals surface area contributed by atoms with E-state index in [1.807, 2.05) is 36.4 Å².